The Morgan fingerprint density at radius 2 is 1.26 bits per heavy atom. The molecule has 0 saturated heterocycles. The van der Waals surface area contributed by atoms with E-state index in [1.165, 1.54) is 0 Å². The molecule has 0 unspecified atom stereocenters. The number of hydrogen-bond acceptors (Lipinski definition) is 5. The molecule has 0 aliphatic carbocycles. The van der Waals surface area contributed by atoms with Crippen molar-refractivity contribution in [3.05, 3.63) is 0 Å². The molecule has 0 heterocycles. The third-order valence-corrected chi connectivity index (χ3v) is 1.82. The van der Waals surface area contributed by atoms with Crippen LogP contribution in [0.3, 0.4) is 0 Å². The molecule has 0 rings (SSSR count). The smallest absolute Gasteiger partial charge is 0.342 e. The van der Waals surface area contributed by atoms with Crippen molar-refractivity contribution in [3.8, 4) is 0 Å². The lowest BCUT2D eigenvalue weighted by Crippen LogP contribution is -2.23. The number of ether oxygens (including phenoxy) is 1. The van der Waals surface area contributed by atoms with Gasteiger partial charge in [0.05, 0.1) is 0 Å². The molecule has 0 spiro atoms. The molecular weight excluding hydrogens is 248 g/mol. The quantitative estimate of drug-likeness (QED) is 0.322. The van der Waals surface area contributed by atoms with Crippen LogP contribution in [0, 0.1) is 0 Å². The van der Waals surface area contributed by atoms with Gasteiger partial charge >= 0.3 is 11.9 Å². The van der Waals surface area contributed by atoms with E-state index >= 15 is 0 Å². The van der Waals surface area contributed by atoms with Crippen LogP contribution in [0.4, 0.5) is 0 Å². The average molecular weight is 274 g/mol. The van der Waals surface area contributed by atoms with Gasteiger partial charge in [-0.15, -0.1) is 0 Å². The molecule has 0 aliphatic heterocycles. The highest BCUT2D eigenvalue weighted by molar-refractivity contribution is 5.70. The van der Waals surface area contributed by atoms with E-state index in [-0.39, 0.29) is 12.4 Å². The summed E-state index contributed by atoms with van der Waals surface area (Å²) in [6, 6.07) is 0. The number of carbonyl (C=O) groups is 2. The van der Waals surface area contributed by atoms with E-state index in [0.29, 0.717) is 19.3 Å². The molecule has 112 valence electrons. The highest BCUT2D eigenvalue weighted by Gasteiger charge is 2.17. The summed E-state index contributed by atoms with van der Waals surface area (Å²) in [6.45, 7) is 10.9. The largest absolute Gasteiger partial charge is 0.460 e. The van der Waals surface area contributed by atoms with E-state index in [4.69, 9.17) is 9.62 Å². The number of rotatable bonds is 6. The van der Waals surface area contributed by atoms with Crippen LogP contribution in [0.25, 0.3) is 0 Å². The maximum Gasteiger partial charge on any atom is 0.342 e. The van der Waals surface area contributed by atoms with Crippen LogP contribution in [0.15, 0.2) is 0 Å². The monoisotopic (exact) mass is 274 g/mol. The molecule has 0 bridgehead atoms. The first-order valence-electron chi connectivity index (χ1n) is 6.60. The third-order valence-electron chi connectivity index (χ3n) is 1.82. The lowest BCUT2D eigenvalue weighted by atomic mass is 10.1. The lowest BCUT2D eigenvalue weighted by Gasteiger charge is -2.19. The van der Waals surface area contributed by atoms with Crippen LogP contribution < -0.4 is 0 Å². The van der Waals surface area contributed by atoms with E-state index in [9.17, 15) is 9.59 Å². The van der Waals surface area contributed by atoms with Gasteiger partial charge in [0.1, 0.15) is 11.2 Å². The van der Waals surface area contributed by atoms with Crippen LogP contribution in [0.2, 0.25) is 0 Å². The highest BCUT2D eigenvalue weighted by Crippen LogP contribution is 2.12. The predicted octanol–water partition coefficient (Wildman–Crippen LogP) is 3.16. The first kappa shape index (κ1) is 17.9. The summed E-state index contributed by atoms with van der Waals surface area (Å²) in [6.07, 6.45) is 1.72. The molecule has 5 nitrogen and oxygen atoms in total. The van der Waals surface area contributed by atoms with Crippen molar-refractivity contribution in [1.82, 2.24) is 0 Å². The first-order valence-corrected chi connectivity index (χ1v) is 6.60. The van der Waals surface area contributed by atoms with E-state index in [1.807, 2.05) is 20.8 Å². The van der Waals surface area contributed by atoms with Crippen molar-refractivity contribution in [1.29, 1.82) is 0 Å². The summed E-state index contributed by atoms with van der Waals surface area (Å²) in [7, 11) is 0. The van der Waals surface area contributed by atoms with Gasteiger partial charge in [-0.3, -0.25) is 9.68 Å². The maximum atomic E-state index is 11.4. The fourth-order valence-electron chi connectivity index (χ4n) is 1.14. The molecule has 0 N–H and O–H groups in total. The number of unbranched alkanes of at least 4 members (excludes halogenated alkanes) is 1. The Morgan fingerprint density at radius 1 is 0.789 bits per heavy atom. The van der Waals surface area contributed by atoms with Crippen LogP contribution in [-0.4, -0.2) is 23.1 Å². The number of hydrogen-bond donors (Lipinski definition) is 0. The zero-order valence-electron chi connectivity index (χ0n) is 12.9. The summed E-state index contributed by atoms with van der Waals surface area (Å²) in [5, 5.41) is 0. The molecule has 0 aromatic rings. The maximum absolute atomic E-state index is 11.4. The molecule has 0 radical (unpaired) electrons. The summed E-state index contributed by atoms with van der Waals surface area (Å²) in [4.78, 5) is 32.2. The van der Waals surface area contributed by atoms with Gasteiger partial charge in [-0.25, -0.2) is 4.79 Å². The Kier molecular flexibility index (Phi) is 7.05. The fraction of sp³-hybridized carbons (Fsp3) is 0.857. The Bertz CT molecular complexity index is 296. The van der Waals surface area contributed by atoms with Crippen LogP contribution >= 0.6 is 0 Å². The molecule has 0 atom stereocenters. The van der Waals surface area contributed by atoms with Gasteiger partial charge in [0, 0.05) is 12.8 Å². The second-order valence-corrected chi connectivity index (χ2v) is 6.44. The Balaban J connectivity index is 3.64. The van der Waals surface area contributed by atoms with Crippen LogP contribution in [0.1, 0.15) is 67.2 Å². The predicted molar refractivity (Wildman–Crippen MR) is 71.2 cm³/mol. The molecule has 0 saturated carbocycles. The molecule has 0 aromatic carbocycles. The zero-order valence-corrected chi connectivity index (χ0v) is 12.9. The zero-order chi connectivity index (χ0) is 15.1. The molecule has 0 aliphatic rings. The molecule has 0 aromatic heterocycles. The number of esters is 1. The van der Waals surface area contributed by atoms with Gasteiger partial charge < -0.3 is 4.74 Å². The summed E-state index contributed by atoms with van der Waals surface area (Å²) in [5.74, 6) is -0.661. The van der Waals surface area contributed by atoms with E-state index < -0.39 is 17.2 Å². The Hall–Kier alpha value is -1.10. The highest BCUT2D eigenvalue weighted by atomic mass is 17.2. The molecule has 0 amide bonds. The molecule has 0 fully saturated rings. The topological polar surface area (TPSA) is 61.8 Å². The molecular formula is C14H26O5. The fourth-order valence-corrected chi connectivity index (χ4v) is 1.14. The van der Waals surface area contributed by atoms with Gasteiger partial charge in [-0.2, -0.15) is 4.89 Å². The SMILES string of the molecule is CC(C)(C)OOC(=O)CCCCC(=O)OC(C)(C)C. The van der Waals surface area contributed by atoms with Gasteiger partial charge in [0.15, 0.2) is 0 Å². The van der Waals surface area contributed by atoms with Crippen molar-refractivity contribution in [3.63, 3.8) is 0 Å². The Labute approximate surface area is 115 Å². The van der Waals surface area contributed by atoms with E-state index in [1.54, 1.807) is 20.8 Å². The standard InChI is InChI=1S/C14H26O5/c1-13(2,3)17-11(15)9-7-8-10-12(16)18-19-14(4,5)6/h7-10H2,1-6H3. The second kappa shape index (κ2) is 7.48. The lowest BCUT2D eigenvalue weighted by molar-refractivity contribution is -0.320. The van der Waals surface area contributed by atoms with Crippen molar-refractivity contribution < 1.29 is 24.1 Å². The minimum Gasteiger partial charge on any atom is -0.460 e. The number of carbonyl (C=O) groups excluding carboxylic acids is 2. The normalized spacial score (nSPS) is 12.1. The second-order valence-electron chi connectivity index (χ2n) is 6.44. The van der Waals surface area contributed by atoms with Gasteiger partial charge in [-0.1, -0.05) is 0 Å². The third kappa shape index (κ3) is 13.1. The summed E-state index contributed by atoms with van der Waals surface area (Å²) in [5.41, 5.74) is -0.970. The molecule has 5 heteroatoms. The van der Waals surface area contributed by atoms with E-state index in [2.05, 4.69) is 4.89 Å². The van der Waals surface area contributed by atoms with Crippen LogP contribution in [0.5, 0.6) is 0 Å². The summed E-state index contributed by atoms with van der Waals surface area (Å²) < 4.78 is 5.16. The average Bonchev–Trinajstić information content (AvgIpc) is 2.18. The van der Waals surface area contributed by atoms with Crippen molar-refractivity contribution in [2.24, 2.45) is 0 Å². The van der Waals surface area contributed by atoms with Gasteiger partial charge in [-0.05, 0) is 54.4 Å². The van der Waals surface area contributed by atoms with Gasteiger partial charge in [0.2, 0.25) is 0 Å². The minimum absolute atomic E-state index is 0.235. The van der Waals surface area contributed by atoms with Crippen LogP contribution in [-0.2, 0) is 24.1 Å². The van der Waals surface area contributed by atoms with Crippen molar-refractivity contribution in [2.75, 3.05) is 0 Å². The van der Waals surface area contributed by atoms with Crippen molar-refractivity contribution >= 4 is 11.9 Å². The first-order chi connectivity index (χ1) is 8.49. The van der Waals surface area contributed by atoms with E-state index in [0.717, 1.165) is 0 Å². The minimum atomic E-state index is -0.508. The van der Waals surface area contributed by atoms with Crippen molar-refractivity contribution in [2.45, 2.75) is 78.4 Å². The summed E-state index contributed by atoms with van der Waals surface area (Å²) >= 11 is 0. The Morgan fingerprint density at radius 3 is 1.68 bits per heavy atom. The molecule has 19 heavy (non-hydrogen) atoms. The van der Waals surface area contributed by atoms with Gasteiger partial charge in [0.25, 0.3) is 0 Å².